The van der Waals surface area contributed by atoms with Gasteiger partial charge < -0.3 is 0 Å². The second-order valence-corrected chi connectivity index (χ2v) is 17.5. The van der Waals surface area contributed by atoms with E-state index in [9.17, 15) is 0 Å². The van der Waals surface area contributed by atoms with Gasteiger partial charge in [-0.15, -0.1) is 0 Å². The molecule has 0 unspecified atom stereocenters. The van der Waals surface area contributed by atoms with Crippen molar-refractivity contribution < 1.29 is 0 Å². The molecule has 0 nitrogen and oxygen atoms in total. The predicted octanol–water partition coefficient (Wildman–Crippen LogP) is 17.1. The fourth-order valence-corrected chi connectivity index (χ4v) is 11.3. The van der Waals surface area contributed by atoms with Gasteiger partial charge in [-0.1, -0.05) is 214 Å². The van der Waals surface area contributed by atoms with Crippen LogP contribution in [0.15, 0.2) is 206 Å². The molecule has 1 aliphatic rings. The summed E-state index contributed by atoms with van der Waals surface area (Å²) < 4.78 is 0. The maximum atomic E-state index is 2.52. The first-order valence-corrected chi connectivity index (χ1v) is 21.5. The smallest absolute Gasteiger partial charge is 0.0159 e. The zero-order valence-corrected chi connectivity index (χ0v) is 34.1. The summed E-state index contributed by atoms with van der Waals surface area (Å²) in [5, 5.41) is 18.2. The van der Waals surface area contributed by atoms with E-state index >= 15 is 0 Å². The molecule has 0 aliphatic heterocycles. The summed E-state index contributed by atoms with van der Waals surface area (Å²) in [6.45, 7) is 4.85. The lowest BCUT2D eigenvalue weighted by Crippen LogP contribution is -2.15. The van der Waals surface area contributed by atoms with Crippen LogP contribution in [0.2, 0.25) is 0 Å². The molecule has 0 atom stereocenters. The monoisotopic (exact) mass is 772 g/mol. The van der Waals surface area contributed by atoms with Crippen LogP contribution in [-0.2, 0) is 5.41 Å². The first-order chi connectivity index (χ1) is 30.1. The van der Waals surface area contributed by atoms with Crippen LogP contribution in [0.5, 0.6) is 0 Å². The minimum atomic E-state index is -0.187. The molecule has 0 bridgehead atoms. The fraction of sp³-hybridized carbons (Fsp3) is 0.0492. The Morgan fingerprint density at radius 3 is 1.33 bits per heavy atom. The Hall–Kier alpha value is -7.54. The lowest BCUT2D eigenvalue weighted by atomic mass is 9.80. The lowest BCUT2D eigenvalue weighted by Gasteiger charge is -2.23. The van der Waals surface area contributed by atoms with E-state index in [4.69, 9.17) is 0 Å². The highest BCUT2D eigenvalue weighted by Crippen LogP contribution is 2.57. The summed E-state index contributed by atoms with van der Waals surface area (Å²) in [7, 11) is 0. The molecule has 0 N–H and O–H groups in total. The third-order valence-electron chi connectivity index (χ3n) is 14.0. The summed E-state index contributed by atoms with van der Waals surface area (Å²) in [6, 6.07) is 77.2. The first kappa shape index (κ1) is 34.3. The first-order valence-electron chi connectivity index (χ1n) is 21.5. The van der Waals surface area contributed by atoms with E-state index in [1.54, 1.807) is 0 Å². The molecule has 0 saturated heterocycles. The normalized spacial score (nSPS) is 13.2. The number of rotatable bonds is 3. The van der Waals surface area contributed by atoms with Crippen molar-refractivity contribution in [2.75, 3.05) is 0 Å². The van der Waals surface area contributed by atoms with Crippen LogP contribution in [-0.4, -0.2) is 0 Å². The van der Waals surface area contributed by atoms with Gasteiger partial charge in [0.1, 0.15) is 0 Å². The highest BCUT2D eigenvalue weighted by atomic mass is 14.4. The Bertz CT molecular complexity index is 3730. The Balaban J connectivity index is 1.02. The Morgan fingerprint density at radius 2 is 0.705 bits per heavy atom. The standard InChI is InChI=1S/C61H40/c1-61(2)54-35-34-52-43-21-6-5-19-41(43)42-20-7-9-23-46(42)58(52)60(54)59-47-24-10-8-22-44(47)53(36-55(59)61)38-30-32-39(33-31-38)56-48-25-11-13-27-50(48)57(51-28-14-12-26-49(51)56)45-29-15-17-37-16-3-4-18-40(37)45/h3-36H,1-2H3. The maximum absolute atomic E-state index is 2.52. The highest BCUT2D eigenvalue weighted by molar-refractivity contribution is 6.31. The quantitative estimate of drug-likeness (QED) is 0.124. The molecular weight excluding hydrogens is 733 g/mol. The minimum Gasteiger partial charge on any atom is -0.0616 e. The topological polar surface area (TPSA) is 0 Å². The van der Waals surface area contributed by atoms with E-state index < -0.39 is 0 Å². The average molecular weight is 773 g/mol. The second kappa shape index (κ2) is 12.7. The molecule has 0 spiro atoms. The number of hydrogen-bond donors (Lipinski definition) is 0. The molecule has 284 valence electrons. The maximum Gasteiger partial charge on any atom is 0.0159 e. The highest BCUT2D eigenvalue weighted by Gasteiger charge is 2.39. The van der Waals surface area contributed by atoms with Crippen LogP contribution < -0.4 is 0 Å². The van der Waals surface area contributed by atoms with Gasteiger partial charge in [-0.25, -0.2) is 0 Å². The van der Waals surface area contributed by atoms with Crippen molar-refractivity contribution in [1.29, 1.82) is 0 Å². The zero-order valence-electron chi connectivity index (χ0n) is 34.1. The minimum absolute atomic E-state index is 0.187. The Labute approximate surface area is 355 Å². The third-order valence-corrected chi connectivity index (χ3v) is 14.0. The van der Waals surface area contributed by atoms with E-state index in [0.717, 1.165) is 0 Å². The van der Waals surface area contributed by atoms with Gasteiger partial charge in [0.15, 0.2) is 0 Å². The van der Waals surface area contributed by atoms with Gasteiger partial charge in [-0.2, -0.15) is 0 Å². The van der Waals surface area contributed by atoms with Crippen LogP contribution in [0.3, 0.4) is 0 Å². The lowest BCUT2D eigenvalue weighted by molar-refractivity contribution is 0.661. The predicted molar refractivity (Wildman–Crippen MR) is 263 cm³/mol. The second-order valence-electron chi connectivity index (χ2n) is 17.5. The average Bonchev–Trinajstić information content (AvgIpc) is 3.56. The molecule has 12 aromatic carbocycles. The molecule has 12 aromatic rings. The van der Waals surface area contributed by atoms with Crippen LogP contribution in [0.4, 0.5) is 0 Å². The van der Waals surface area contributed by atoms with Crippen molar-refractivity contribution in [3.05, 3.63) is 217 Å². The SMILES string of the molecule is CC1(C)c2cc(-c3ccc(-c4c5ccccc5c(-c5cccc6ccccc56)c5ccccc45)cc3)c3ccccc3c2-c2c1ccc1c3ccccc3c3ccccc3c21. The molecule has 0 aromatic heterocycles. The molecule has 0 radical (unpaired) electrons. The summed E-state index contributed by atoms with van der Waals surface area (Å²) >= 11 is 0. The van der Waals surface area contributed by atoms with Gasteiger partial charge in [-0.05, 0) is 137 Å². The number of hydrogen-bond acceptors (Lipinski definition) is 0. The van der Waals surface area contributed by atoms with Crippen molar-refractivity contribution in [2.45, 2.75) is 19.3 Å². The molecule has 13 rings (SSSR count). The van der Waals surface area contributed by atoms with E-state index in [0.29, 0.717) is 0 Å². The number of fused-ring (bicyclic) bond motifs is 15. The fourth-order valence-electron chi connectivity index (χ4n) is 11.3. The van der Waals surface area contributed by atoms with Crippen LogP contribution in [0.1, 0.15) is 25.0 Å². The van der Waals surface area contributed by atoms with Gasteiger partial charge in [0.25, 0.3) is 0 Å². The number of benzene rings is 12. The van der Waals surface area contributed by atoms with Gasteiger partial charge in [0.05, 0.1) is 0 Å². The molecular formula is C61H40. The van der Waals surface area contributed by atoms with Crippen LogP contribution >= 0.6 is 0 Å². The Morgan fingerprint density at radius 1 is 0.262 bits per heavy atom. The Kier molecular flexibility index (Phi) is 7.17. The van der Waals surface area contributed by atoms with Gasteiger partial charge in [0, 0.05) is 5.41 Å². The van der Waals surface area contributed by atoms with Crippen molar-refractivity contribution in [3.8, 4) is 44.5 Å². The van der Waals surface area contributed by atoms with E-state index in [1.165, 1.54) is 131 Å². The van der Waals surface area contributed by atoms with Crippen molar-refractivity contribution >= 4 is 75.4 Å². The molecule has 61 heavy (non-hydrogen) atoms. The molecule has 1 aliphatic carbocycles. The van der Waals surface area contributed by atoms with Gasteiger partial charge >= 0.3 is 0 Å². The van der Waals surface area contributed by atoms with Crippen LogP contribution in [0, 0.1) is 0 Å². The summed E-state index contributed by atoms with van der Waals surface area (Å²) in [5.74, 6) is 0. The van der Waals surface area contributed by atoms with Gasteiger partial charge in [-0.3, -0.25) is 0 Å². The van der Waals surface area contributed by atoms with Crippen molar-refractivity contribution in [2.24, 2.45) is 0 Å². The molecule has 0 saturated carbocycles. The molecule has 0 heterocycles. The largest absolute Gasteiger partial charge is 0.0616 e. The van der Waals surface area contributed by atoms with Crippen molar-refractivity contribution in [3.63, 3.8) is 0 Å². The van der Waals surface area contributed by atoms with E-state index in [2.05, 4.69) is 220 Å². The molecule has 0 amide bonds. The summed E-state index contributed by atoms with van der Waals surface area (Å²) in [4.78, 5) is 0. The van der Waals surface area contributed by atoms with Crippen molar-refractivity contribution in [1.82, 2.24) is 0 Å². The van der Waals surface area contributed by atoms with E-state index in [1.807, 2.05) is 0 Å². The molecule has 0 fully saturated rings. The van der Waals surface area contributed by atoms with Gasteiger partial charge in [0.2, 0.25) is 0 Å². The third kappa shape index (κ3) is 4.76. The summed E-state index contributed by atoms with van der Waals surface area (Å²) in [6.07, 6.45) is 0. The molecule has 0 heteroatoms. The summed E-state index contributed by atoms with van der Waals surface area (Å²) in [5.41, 5.74) is 13.0. The zero-order chi connectivity index (χ0) is 40.4. The van der Waals surface area contributed by atoms with Crippen LogP contribution in [0.25, 0.3) is 120 Å². The van der Waals surface area contributed by atoms with E-state index in [-0.39, 0.29) is 5.41 Å².